The molecule has 23 heavy (non-hydrogen) atoms. The van der Waals surface area contributed by atoms with Crippen molar-refractivity contribution in [1.82, 2.24) is 0 Å². The minimum absolute atomic E-state index is 0.125. The molecule has 1 aromatic rings. The molecule has 1 aromatic carbocycles. The average molecular weight is 304 g/mol. The molecule has 0 spiro atoms. The summed E-state index contributed by atoms with van der Waals surface area (Å²) in [4.78, 5) is 0. The Kier molecular flexibility index (Phi) is 4.71. The number of hydrogen-bond donors (Lipinski definition) is 0. The highest BCUT2D eigenvalue weighted by atomic mass is 14.3. The molecule has 0 N–H and O–H groups in total. The van der Waals surface area contributed by atoms with Crippen LogP contribution in [0, 0.1) is 5.92 Å². The van der Waals surface area contributed by atoms with Gasteiger partial charge in [-0.2, -0.15) is 0 Å². The first-order valence-electron chi connectivity index (χ1n) is 8.98. The first-order valence-corrected chi connectivity index (χ1v) is 8.98. The largest absolute Gasteiger partial charge is 0.0808 e. The fourth-order valence-corrected chi connectivity index (χ4v) is 3.44. The van der Waals surface area contributed by atoms with Crippen LogP contribution in [0.2, 0.25) is 0 Å². The monoisotopic (exact) mass is 304 g/mol. The summed E-state index contributed by atoms with van der Waals surface area (Å²) in [7, 11) is 0. The van der Waals surface area contributed by atoms with Crippen LogP contribution in [-0.4, -0.2) is 0 Å². The smallest absolute Gasteiger partial charge is 0.0142 e. The van der Waals surface area contributed by atoms with Crippen LogP contribution in [0.15, 0.2) is 71.9 Å². The summed E-state index contributed by atoms with van der Waals surface area (Å²) in [6.07, 6.45) is 18.7. The number of hydrogen-bond acceptors (Lipinski definition) is 0. The number of aryl methyl sites for hydroxylation is 1. The molecular formula is C23H28. The van der Waals surface area contributed by atoms with E-state index in [0.717, 1.165) is 12.8 Å². The normalized spacial score (nSPS) is 26.8. The molecule has 0 fully saturated rings. The lowest BCUT2D eigenvalue weighted by Crippen LogP contribution is -2.20. The predicted molar refractivity (Wildman–Crippen MR) is 101 cm³/mol. The Labute approximate surface area is 141 Å². The maximum absolute atomic E-state index is 2.41. The zero-order valence-electron chi connectivity index (χ0n) is 14.7. The van der Waals surface area contributed by atoms with E-state index in [1.165, 1.54) is 35.1 Å². The van der Waals surface area contributed by atoms with Crippen LogP contribution < -0.4 is 0 Å². The fourth-order valence-electron chi connectivity index (χ4n) is 3.44. The van der Waals surface area contributed by atoms with Crippen molar-refractivity contribution in [3.63, 3.8) is 0 Å². The number of rotatable bonds is 4. The van der Waals surface area contributed by atoms with Gasteiger partial charge in [-0.25, -0.2) is 0 Å². The van der Waals surface area contributed by atoms with E-state index in [-0.39, 0.29) is 5.41 Å². The molecule has 3 rings (SSSR count). The van der Waals surface area contributed by atoms with Crippen molar-refractivity contribution in [2.75, 3.05) is 0 Å². The first kappa shape index (κ1) is 16.1. The Balaban J connectivity index is 1.74. The van der Waals surface area contributed by atoms with E-state index in [9.17, 15) is 0 Å². The van der Waals surface area contributed by atoms with Gasteiger partial charge in [0.05, 0.1) is 0 Å². The Morgan fingerprint density at radius 3 is 2.35 bits per heavy atom. The minimum atomic E-state index is 0.125. The van der Waals surface area contributed by atoms with Gasteiger partial charge >= 0.3 is 0 Å². The van der Waals surface area contributed by atoms with Crippen molar-refractivity contribution in [3.8, 4) is 0 Å². The van der Waals surface area contributed by atoms with E-state index in [1.54, 1.807) is 0 Å². The van der Waals surface area contributed by atoms with E-state index < -0.39 is 0 Å². The van der Waals surface area contributed by atoms with Crippen molar-refractivity contribution in [2.45, 2.75) is 51.9 Å². The van der Waals surface area contributed by atoms with Gasteiger partial charge in [-0.05, 0) is 47.5 Å². The highest BCUT2D eigenvalue weighted by Crippen LogP contribution is 2.36. The minimum Gasteiger partial charge on any atom is -0.0808 e. The summed E-state index contributed by atoms with van der Waals surface area (Å²) in [6.45, 7) is 6.85. The molecule has 0 aliphatic heterocycles. The molecule has 2 unspecified atom stereocenters. The summed E-state index contributed by atoms with van der Waals surface area (Å²) >= 11 is 0. The molecule has 0 bridgehead atoms. The van der Waals surface area contributed by atoms with Crippen LogP contribution in [0.1, 0.15) is 51.2 Å². The van der Waals surface area contributed by atoms with Crippen LogP contribution >= 0.6 is 0 Å². The number of allylic oxidation sites excluding steroid dienone is 8. The SMILES string of the molecule is CCCc1ccc(C2(C)C=CC(C3=CCC(C)C=C3)=CC2)cc1. The second kappa shape index (κ2) is 6.74. The Hall–Kier alpha value is -1.82. The maximum atomic E-state index is 2.41. The lowest BCUT2D eigenvalue weighted by Gasteiger charge is -2.29. The Bertz CT molecular complexity index is 666. The molecule has 120 valence electrons. The summed E-state index contributed by atoms with van der Waals surface area (Å²) in [5.41, 5.74) is 5.77. The van der Waals surface area contributed by atoms with Crippen LogP contribution in [-0.2, 0) is 11.8 Å². The Morgan fingerprint density at radius 1 is 1.04 bits per heavy atom. The summed E-state index contributed by atoms with van der Waals surface area (Å²) < 4.78 is 0. The van der Waals surface area contributed by atoms with Gasteiger partial charge in [0.1, 0.15) is 0 Å². The topological polar surface area (TPSA) is 0 Å². The van der Waals surface area contributed by atoms with Crippen molar-refractivity contribution in [3.05, 3.63) is 83.0 Å². The highest BCUT2D eigenvalue weighted by Gasteiger charge is 2.25. The standard InChI is InChI=1S/C23H28/c1-4-5-19-8-12-22(13-9-19)23(3)16-14-21(15-17-23)20-10-6-18(2)7-11-20/h6,8-16,18H,4-5,7,17H2,1-3H3. The van der Waals surface area contributed by atoms with Gasteiger partial charge in [0.2, 0.25) is 0 Å². The molecule has 2 aliphatic rings. The van der Waals surface area contributed by atoms with Gasteiger partial charge in [0.25, 0.3) is 0 Å². The molecule has 0 saturated heterocycles. The van der Waals surface area contributed by atoms with Crippen molar-refractivity contribution in [2.24, 2.45) is 5.92 Å². The van der Waals surface area contributed by atoms with Crippen molar-refractivity contribution < 1.29 is 0 Å². The van der Waals surface area contributed by atoms with Gasteiger partial charge in [0.15, 0.2) is 0 Å². The molecule has 2 aliphatic carbocycles. The van der Waals surface area contributed by atoms with Crippen molar-refractivity contribution in [1.29, 1.82) is 0 Å². The third-order valence-corrected chi connectivity index (χ3v) is 5.18. The lowest BCUT2D eigenvalue weighted by atomic mass is 9.75. The zero-order valence-corrected chi connectivity index (χ0v) is 14.7. The lowest BCUT2D eigenvalue weighted by molar-refractivity contribution is 0.596. The van der Waals surface area contributed by atoms with Crippen LogP contribution in [0.25, 0.3) is 0 Å². The Morgan fingerprint density at radius 2 is 1.78 bits per heavy atom. The summed E-state index contributed by atoms with van der Waals surface area (Å²) in [6, 6.07) is 9.22. The van der Waals surface area contributed by atoms with Crippen LogP contribution in [0.4, 0.5) is 0 Å². The average Bonchev–Trinajstić information content (AvgIpc) is 2.57. The zero-order chi connectivity index (χ0) is 16.3. The summed E-state index contributed by atoms with van der Waals surface area (Å²) in [5.74, 6) is 0.679. The molecule has 0 nitrogen and oxygen atoms in total. The van der Waals surface area contributed by atoms with Gasteiger partial charge in [0, 0.05) is 5.41 Å². The first-order chi connectivity index (χ1) is 11.1. The second-order valence-electron chi connectivity index (χ2n) is 7.29. The summed E-state index contributed by atoms with van der Waals surface area (Å²) in [5, 5.41) is 0. The maximum Gasteiger partial charge on any atom is 0.0142 e. The third-order valence-electron chi connectivity index (χ3n) is 5.18. The molecule has 0 amide bonds. The van der Waals surface area contributed by atoms with E-state index in [4.69, 9.17) is 0 Å². The van der Waals surface area contributed by atoms with Gasteiger partial charge in [-0.1, -0.05) is 87.9 Å². The van der Waals surface area contributed by atoms with Gasteiger partial charge in [-0.3, -0.25) is 0 Å². The molecule has 0 saturated carbocycles. The fraction of sp³-hybridized carbons (Fsp3) is 0.391. The molecule has 0 aromatic heterocycles. The molecule has 0 radical (unpaired) electrons. The molecule has 0 heteroatoms. The second-order valence-corrected chi connectivity index (χ2v) is 7.29. The molecule has 2 atom stereocenters. The third kappa shape index (κ3) is 3.58. The molecule has 0 heterocycles. The van der Waals surface area contributed by atoms with E-state index in [1.807, 2.05) is 0 Å². The van der Waals surface area contributed by atoms with Crippen LogP contribution in [0.3, 0.4) is 0 Å². The van der Waals surface area contributed by atoms with E-state index >= 15 is 0 Å². The number of benzene rings is 1. The van der Waals surface area contributed by atoms with Crippen molar-refractivity contribution >= 4 is 0 Å². The molecular weight excluding hydrogens is 276 g/mol. The quantitative estimate of drug-likeness (QED) is 0.612. The van der Waals surface area contributed by atoms with Crippen LogP contribution in [0.5, 0.6) is 0 Å². The van der Waals surface area contributed by atoms with Gasteiger partial charge in [-0.15, -0.1) is 0 Å². The highest BCUT2D eigenvalue weighted by molar-refractivity contribution is 5.51. The van der Waals surface area contributed by atoms with Gasteiger partial charge < -0.3 is 0 Å². The van der Waals surface area contributed by atoms with E-state index in [0.29, 0.717) is 5.92 Å². The van der Waals surface area contributed by atoms with E-state index in [2.05, 4.69) is 81.5 Å². The predicted octanol–water partition coefficient (Wildman–Crippen LogP) is 6.31.